The van der Waals surface area contributed by atoms with Crippen LogP contribution in [0, 0.1) is 0 Å². The van der Waals surface area contributed by atoms with E-state index in [0.717, 1.165) is 44.8 Å². The Morgan fingerprint density at radius 3 is 2.88 bits per heavy atom. The molecule has 1 unspecified atom stereocenters. The molecule has 0 aliphatic rings. The Labute approximate surface area is 104 Å². The van der Waals surface area contributed by atoms with Crippen molar-refractivity contribution in [2.24, 2.45) is 0 Å². The molecule has 17 heavy (non-hydrogen) atoms. The highest BCUT2D eigenvalue weighted by Crippen LogP contribution is 2.04. The minimum Gasteiger partial charge on any atom is -0.383 e. The Kier molecular flexibility index (Phi) is 6.89. The van der Waals surface area contributed by atoms with Crippen LogP contribution in [-0.4, -0.2) is 35.9 Å². The van der Waals surface area contributed by atoms with E-state index in [0.29, 0.717) is 6.04 Å². The quantitative estimate of drug-likeness (QED) is 0.715. The average molecular weight is 239 g/mol. The van der Waals surface area contributed by atoms with E-state index >= 15 is 0 Å². The molecule has 0 saturated heterocycles. The Balaban J connectivity index is 2.54. The summed E-state index contributed by atoms with van der Waals surface area (Å²) < 4.78 is 7.48. The fourth-order valence-corrected chi connectivity index (χ4v) is 1.93. The van der Waals surface area contributed by atoms with Gasteiger partial charge in [0.1, 0.15) is 5.82 Å². The molecule has 1 rings (SSSR count). The van der Waals surface area contributed by atoms with Gasteiger partial charge in [-0.15, -0.1) is 0 Å². The van der Waals surface area contributed by atoms with E-state index in [1.807, 2.05) is 6.20 Å². The van der Waals surface area contributed by atoms with Gasteiger partial charge in [-0.3, -0.25) is 0 Å². The summed E-state index contributed by atoms with van der Waals surface area (Å²) in [7, 11) is 1.75. The van der Waals surface area contributed by atoms with Crippen molar-refractivity contribution < 1.29 is 4.74 Å². The number of imidazole rings is 1. The topological polar surface area (TPSA) is 39.1 Å². The molecule has 0 fully saturated rings. The number of aryl methyl sites for hydroxylation is 1. The highest BCUT2D eigenvalue weighted by Gasteiger charge is 2.12. The highest BCUT2D eigenvalue weighted by atomic mass is 16.5. The number of aromatic nitrogens is 2. The van der Waals surface area contributed by atoms with Gasteiger partial charge in [-0.2, -0.15) is 0 Å². The van der Waals surface area contributed by atoms with Crippen LogP contribution in [0.2, 0.25) is 0 Å². The fraction of sp³-hybridized carbons (Fsp3) is 0.769. The minimum absolute atomic E-state index is 0.359. The second kappa shape index (κ2) is 8.25. The number of nitrogens with one attached hydrogen (secondary N) is 1. The summed E-state index contributed by atoms with van der Waals surface area (Å²) in [5, 5.41) is 3.50. The number of hydrogen-bond acceptors (Lipinski definition) is 3. The third-order valence-corrected chi connectivity index (χ3v) is 2.75. The van der Waals surface area contributed by atoms with E-state index in [4.69, 9.17) is 4.74 Å². The van der Waals surface area contributed by atoms with Gasteiger partial charge in [-0.1, -0.05) is 13.8 Å². The number of rotatable bonds is 9. The molecular weight excluding hydrogens is 214 g/mol. The third-order valence-electron chi connectivity index (χ3n) is 2.75. The molecule has 1 aromatic rings. The molecule has 98 valence electrons. The molecule has 0 radical (unpaired) electrons. The molecule has 1 aromatic heterocycles. The molecule has 0 bridgehead atoms. The average Bonchev–Trinajstić information content (AvgIpc) is 2.74. The van der Waals surface area contributed by atoms with Gasteiger partial charge >= 0.3 is 0 Å². The summed E-state index contributed by atoms with van der Waals surface area (Å²) in [6.45, 7) is 7.17. The zero-order chi connectivity index (χ0) is 12.5. The first kappa shape index (κ1) is 14.2. The summed E-state index contributed by atoms with van der Waals surface area (Å²) in [6.07, 6.45) is 7.16. The Hall–Kier alpha value is -0.870. The van der Waals surface area contributed by atoms with Crippen LogP contribution in [0.25, 0.3) is 0 Å². The molecule has 0 aliphatic carbocycles. The second-order valence-corrected chi connectivity index (χ2v) is 4.35. The molecular formula is C13H25N3O. The predicted octanol–water partition coefficient (Wildman–Crippen LogP) is 1.85. The number of nitrogens with zero attached hydrogens (tertiary/aromatic N) is 2. The summed E-state index contributed by atoms with van der Waals surface area (Å²) in [4.78, 5) is 4.43. The van der Waals surface area contributed by atoms with Crippen molar-refractivity contribution in [1.29, 1.82) is 0 Å². The van der Waals surface area contributed by atoms with Crippen LogP contribution in [-0.2, 0) is 17.7 Å². The normalized spacial score (nSPS) is 12.9. The third kappa shape index (κ3) is 4.88. The van der Waals surface area contributed by atoms with Crippen LogP contribution in [0.5, 0.6) is 0 Å². The lowest BCUT2D eigenvalue weighted by molar-refractivity contribution is 0.165. The maximum atomic E-state index is 5.25. The van der Waals surface area contributed by atoms with Gasteiger partial charge in [-0.25, -0.2) is 4.98 Å². The Morgan fingerprint density at radius 2 is 2.24 bits per heavy atom. The van der Waals surface area contributed by atoms with Gasteiger partial charge in [0.25, 0.3) is 0 Å². The van der Waals surface area contributed by atoms with Crippen LogP contribution in [0.15, 0.2) is 12.4 Å². The second-order valence-electron chi connectivity index (χ2n) is 4.35. The first-order chi connectivity index (χ1) is 8.31. The number of methoxy groups -OCH3 is 1. The summed E-state index contributed by atoms with van der Waals surface area (Å²) >= 11 is 0. The molecule has 0 aliphatic heterocycles. The van der Waals surface area contributed by atoms with Gasteiger partial charge in [-0.05, 0) is 19.4 Å². The largest absolute Gasteiger partial charge is 0.383 e. The Bertz CT molecular complexity index is 299. The molecule has 0 spiro atoms. The van der Waals surface area contributed by atoms with Gasteiger partial charge in [0.15, 0.2) is 0 Å². The van der Waals surface area contributed by atoms with Crippen molar-refractivity contribution in [2.75, 3.05) is 20.3 Å². The molecule has 4 nitrogen and oxygen atoms in total. The summed E-state index contributed by atoms with van der Waals surface area (Å²) in [6, 6.07) is 0.359. The standard InChI is InChI=1S/C13H25N3O/c1-4-6-14-12(11-17-3)10-13-15-7-9-16(13)8-5-2/h7,9,12,14H,4-6,8,10-11H2,1-3H3. The molecule has 4 heteroatoms. The van der Waals surface area contributed by atoms with Crippen LogP contribution >= 0.6 is 0 Å². The van der Waals surface area contributed by atoms with Crippen LogP contribution in [0.3, 0.4) is 0 Å². The van der Waals surface area contributed by atoms with E-state index in [2.05, 4.69) is 34.9 Å². The van der Waals surface area contributed by atoms with Crippen LogP contribution in [0.4, 0.5) is 0 Å². The maximum Gasteiger partial charge on any atom is 0.110 e. The monoisotopic (exact) mass is 239 g/mol. The molecule has 0 saturated carbocycles. The lowest BCUT2D eigenvalue weighted by Crippen LogP contribution is -2.36. The number of hydrogen-bond donors (Lipinski definition) is 1. The lowest BCUT2D eigenvalue weighted by Gasteiger charge is -2.18. The number of ether oxygens (including phenoxy) is 1. The van der Waals surface area contributed by atoms with Crippen molar-refractivity contribution in [3.8, 4) is 0 Å². The van der Waals surface area contributed by atoms with Crippen molar-refractivity contribution in [1.82, 2.24) is 14.9 Å². The van der Waals surface area contributed by atoms with Crippen molar-refractivity contribution in [3.05, 3.63) is 18.2 Å². The zero-order valence-electron chi connectivity index (χ0n) is 11.3. The van der Waals surface area contributed by atoms with E-state index in [1.165, 1.54) is 0 Å². The van der Waals surface area contributed by atoms with Crippen LogP contribution in [0.1, 0.15) is 32.5 Å². The first-order valence-corrected chi connectivity index (χ1v) is 6.54. The van der Waals surface area contributed by atoms with E-state index in [-0.39, 0.29) is 0 Å². The summed E-state index contributed by atoms with van der Waals surface area (Å²) in [5.74, 6) is 1.15. The minimum atomic E-state index is 0.359. The van der Waals surface area contributed by atoms with E-state index in [1.54, 1.807) is 7.11 Å². The van der Waals surface area contributed by atoms with Crippen LogP contribution < -0.4 is 5.32 Å². The Morgan fingerprint density at radius 1 is 1.41 bits per heavy atom. The molecule has 1 heterocycles. The van der Waals surface area contributed by atoms with E-state index in [9.17, 15) is 0 Å². The van der Waals surface area contributed by atoms with Crippen molar-refractivity contribution in [2.45, 2.75) is 45.7 Å². The van der Waals surface area contributed by atoms with Gasteiger partial charge in [0.2, 0.25) is 0 Å². The van der Waals surface area contributed by atoms with Gasteiger partial charge in [0, 0.05) is 38.5 Å². The molecule has 1 N–H and O–H groups in total. The van der Waals surface area contributed by atoms with Crippen molar-refractivity contribution >= 4 is 0 Å². The first-order valence-electron chi connectivity index (χ1n) is 6.54. The molecule has 0 amide bonds. The SMILES string of the molecule is CCCNC(COC)Cc1nccn1CCC. The van der Waals surface area contributed by atoms with E-state index < -0.39 is 0 Å². The van der Waals surface area contributed by atoms with Gasteiger partial charge in [0.05, 0.1) is 6.61 Å². The smallest absolute Gasteiger partial charge is 0.110 e. The fourth-order valence-electron chi connectivity index (χ4n) is 1.93. The van der Waals surface area contributed by atoms with Crippen molar-refractivity contribution in [3.63, 3.8) is 0 Å². The van der Waals surface area contributed by atoms with Gasteiger partial charge < -0.3 is 14.6 Å². The summed E-state index contributed by atoms with van der Waals surface area (Å²) in [5.41, 5.74) is 0. The predicted molar refractivity (Wildman–Crippen MR) is 70.2 cm³/mol. The lowest BCUT2D eigenvalue weighted by atomic mass is 10.2. The molecule has 0 aromatic carbocycles. The zero-order valence-corrected chi connectivity index (χ0v) is 11.3. The maximum absolute atomic E-state index is 5.25. The molecule has 1 atom stereocenters. The highest BCUT2D eigenvalue weighted by molar-refractivity contribution is 4.95.